The molecule has 3 rings (SSSR count). The molecule has 3 N–H and O–H groups in total. The number of ether oxygens (including phenoxy) is 2. The van der Waals surface area contributed by atoms with E-state index in [9.17, 15) is 0 Å². The minimum atomic E-state index is 0.473. The van der Waals surface area contributed by atoms with Crippen molar-refractivity contribution in [1.29, 1.82) is 0 Å². The van der Waals surface area contributed by atoms with E-state index in [-0.39, 0.29) is 0 Å². The Morgan fingerprint density at radius 3 is 2.46 bits per heavy atom. The normalized spacial score (nSPS) is 11.2. The van der Waals surface area contributed by atoms with E-state index in [1.165, 1.54) is 0 Å². The Morgan fingerprint density at radius 2 is 1.75 bits per heavy atom. The number of hydrogen-bond acceptors (Lipinski definition) is 5. The summed E-state index contributed by atoms with van der Waals surface area (Å²) in [5.41, 5.74) is 2.02. The monoisotopic (exact) mass is 380 g/mol. The molecule has 1 heterocycles. The lowest BCUT2D eigenvalue weighted by molar-refractivity contribution is 0.414. The molecule has 0 saturated heterocycles. The Balaban J connectivity index is 1.54. The molecule has 0 aliphatic rings. The first kappa shape index (κ1) is 19.2. The molecule has 0 aliphatic heterocycles. The van der Waals surface area contributed by atoms with Gasteiger partial charge in [0, 0.05) is 19.2 Å². The number of H-pyrrole nitrogens is 1. The van der Waals surface area contributed by atoms with Crippen molar-refractivity contribution in [3.8, 4) is 22.9 Å². The number of methoxy groups -OCH3 is 2. The summed E-state index contributed by atoms with van der Waals surface area (Å²) >= 11 is 0. The number of benzene rings is 2. The Bertz CT molecular complexity index is 920. The van der Waals surface area contributed by atoms with Gasteiger partial charge in [-0.2, -0.15) is 5.10 Å². The van der Waals surface area contributed by atoms with Crippen LogP contribution in [0.3, 0.4) is 0 Å². The van der Waals surface area contributed by atoms with E-state index in [2.05, 4.69) is 30.8 Å². The zero-order chi connectivity index (χ0) is 19.8. The summed E-state index contributed by atoms with van der Waals surface area (Å²) in [5, 5.41) is 13.7. The molecule has 0 fully saturated rings. The third-order valence-corrected chi connectivity index (χ3v) is 4.12. The second kappa shape index (κ2) is 9.40. The molecular weight excluding hydrogens is 356 g/mol. The fourth-order valence-corrected chi connectivity index (χ4v) is 2.60. The lowest BCUT2D eigenvalue weighted by Gasteiger charge is -2.11. The van der Waals surface area contributed by atoms with Crippen LogP contribution in [0.1, 0.15) is 11.4 Å². The fourth-order valence-electron chi connectivity index (χ4n) is 2.60. The van der Waals surface area contributed by atoms with Gasteiger partial charge in [-0.05, 0) is 42.0 Å². The molecule has 0 amide bonds. The van der Waals surface area contributed by atoms with Crippen LogP contribution >= 0.6 is 0 Å². The van der Waals surface area contributed by atoms with Crippen LogP contribution in [0.2, 0.25) is 0 Å². The standard InChI is InChI=1S/C20H24N6O2/c1-21-20(22-12-14-5-4-6-17(11-14)28-3)23-13-18-24-19(26-25-18)15-7-9-16(27-2)10-8-15/h4-11H,12-13H2,1-3H3,(H2,21,22,23)(H,24,25,26). The fraction of sp³-hybridized carbons (Fsp3) is 0.250. The minimum Gasteiger partial charge on any atom is -0.497 e. The highest BCUT2D eigenvalue weighted by Crippen LogP contribution is 2.18. The molecule has 146 valence electrons. The Hall–Kier alpha value is -3.55. The van der Waals surface area contributed by atoms with Crippen LogP contribution in [-0.2, 0) is 13.1 Å². The van der Waals surface area contributed by atoms with Gasteiger partial charge in [0.05, 0.1) is 20.8 Å². The number of guanidine groups is 1. The van der Waals surface area contributed by atoms with Crippen molar-refractivity contribution in [2.75, 3.05) is 21.3 Å². The molecule has 28 heavy (non-hydrogen) atoms. The maximum atomic E-state index is 5.25. The van der Waals surface area contributed by atoms with E-state index in [0.29, 0.717) is 24.9 Å². The summed E-state index contributed by atoms with van der Waals surface area (Å²) in [4.78, 5) is 8.75. The third-order valence-electron chi connectivity index (χ3n) is 4.12. The topological polar surface area (TPSA) is 96.5 Å². The van der Waals surface area contributed by atoms with Gasteiger partial charge >= 0.3 is 0 Å². The summed E-state index contributed by atoms with van der Waals surface area (Å²) in [7, 11) is 5.02. The second-order valence-electron chi connectivity index (χ2n) is 5.97. The number of nitrogens with zero attached hydrogens (tertiary/aromatic N) is 3. The van der Waals surface area contributed by atoms with Gasteiger partial charge in [0.1, 0.15) is 17.3 Å². The van der Waals surface area contributed by atoms with Gasteiger partial charge in [0.2, 0.25) is 0 Å². The number of aromatic amines is 1. The quantitative estimate of drug-likeness (QED) is 0.430. The van der Waals surface area contributed by atoms with Gasteiger partial charge in [0.15, 0.2) is 11.8 Å². The Kier molecular flexibility index (Phi) is 6.46. The Labute approximate surface area is 164 Å². The number of aromatic nitrogens is 3. The van der Waals surface area contributed by atoms with Crippen molar-refractivity contribution in [1.82, 2.24) is 25.8 Å². The highest BCUT2D eigenvalue weighted by Gasteiger charge is 2.07. The van der Waals surface area contributed by atoms with Crippen LogP contribution in [0.5, 0.6) is 11.5 Å². The van der Waals surface area contributed by atoms with E-state index >= 15 is 0 Å². The first-order valence-corrected chi connectivity index (χ1v) is 8.85. The maximum Gasteiger partial charge on any atom is 0.191 e. The molecule has 0 atom stereocenters. The van der Waals surface area contributed by atoms with Gasteiger partial charge < -0.3 is 20.1 Å². The molecular formula is C20H24N6O2. The molecule has 2 aromatic carbocycles. The van der Waals surface area contributed by atoms with Crippen LogP contribution in [-0.4, -0.2) is 42.4 Å². The van der Waals surface area contributed by atoms with Crippen molar-refractivity contribution < 1.29 is 9.47 Å². The van der Waals surface area contributed by atoms with E-state index in [1.54, 1.807) is 21.3 Å². The molecule has 8 nitrogen and oxygen atoms in total. The van der Waals surface area contributed by atoms with Crippen LogP contribution < -0.4 is 20.1 Å². The summed E-state index contributed by atoms with van der Waals surface area (Å²) in [5.74, 6) is 3.65. The molecule has 0 radical (unpaired) electrons. The number of aliphatic imine (C=N–C) groups is 1. The zero-order valence-electron chi connectivity index (χ0n) is 16.2. The van der Waals surface area contributed by atoms with Crippen molar-refractivity contribution in [2.24, 2.45) is 4.99 Å². The maximum absolute atomic E-state index is 5.25. The van der Waals surface area contributed by atoms with Gasteiger partial charge in [-0.1, -0.05) is 12.1 Å². The summed E-state index contributed by atoms with van der Waals surface area (Å²) < 4.78 is 10.4. The molecule has 0 aliphatic carbocycles. The lowest BCUT2D eigenvalue weighted by atomic mass is 10.2. The molecule has 8 heteroatoms. The van der Waals surface area contributed by atoms with Gasteiger partial charge in [0.25, 0.3) is 0 Å². The average molecular weight is 380 g/mol. The number of nitrogens with one attached hydrogen (secondary N) is 3. The Morgan fingerprint density at radius 1 is 1.00 bits per heavy atom. The molecule has 0 spiro atoms. The average Bonchev–Trinajstić information content (AvgIpc) is 3.23. The van der Waals surface area contributed by atoms with E-state index < -0.39 is 0 Å². The summed E-state index contributed by atoms with van der Waals surface area (Å²) in [6, 6.07) is 15.5. The van der Waals surface area contributed by atoms with Crippen LogP contribution in [0, 0.1) is 0 Å². The van der Waals surface area contributed by atoms with Crippen molar-refractivity contribution >= 4 is 5.96 Å². The van der Waals surface area contributed by atoms with Gasteiger partial charge in [-0.15, -0.1) is 0 Å². The number of hydrogen-bond donors (Lipinski definition) is 3. The van der Waals surface area contributed by atoms with Crippen molar-refractivity contribution in [3.05, 3.63) is 59.9 Å². The van der Waals surface area contributed by atoms with Crippen LogP contribution in [0.4, 0.5) is 0 Å². The predicted octanol–water partition coefficient (Wildman–Crippen LogP) is 2.35. The molecule has 1 aromatic heterocycles. The highest BCUT2D eigenvalue weighted by atomic mass is 16.5. The predicted molar refractivity (Wildman–Crippen MR) is 108 cm³/mol. The molecule has 0 unspecified atom stereocenters. The van der Waals surface area contributed by atoms with Crippen molar-refractivity contribution in [2.45, 2.75) is 13.1 Å². The summed E-state index contributed by atoms with van der Waals surface area (Å²) in [6.45, 7) is 1.10. The number of rotatable bonds is 7. The smallest absolute Gasteiger partial charge is 0.191 e. The molecule has 0 saturated carbocycles. The molecule has 0 bridgehead atoms. The lowest BCUT2D eigenvalue weighted by Crippen LogP contribution is -2.36. The van der Waals surface area contributed by atoms with Gasteiger partial charge in [-0.3, -0.25) is 10.1 Å². The first-order chi connectivity index (χ1) is 13.7. The van der Waals surface area contributed by atoms with Crippen LogP contribution in [0.15, 0.2) is 53.5 Å². The summed E-state index contributed by atoms with van der Waals surface area (Å²) in [6.07, 6.45) is 0. The van der Waals surface area contributed by atoms with E-state index in [4.69, 9.17) is 9.47 Å². The minimum absolute atomic E-state index is 0.473. The zero-order valence-corrected chi connectivity index (χ0v) is 16.2. The van der Waals surface area contributed by atoms with Gasteiger partial charge in [-0.25, -0.2) is 4.98 Å². The SMILES string of the molecule is CN=C(NCc1cccc(OC)c1)NCc1nc(-c2ccc(OC)cc2)n[nH]1. The second-order valence-corrected chi connectivity index (χ2v) is 5.97. The largest absolute Gasteiger partial charge is 0.497 e. The highest BCUT2D eigenvalue weighted by molar-refractivity contribution is 5.79. The van der Waals surface area contributed by atoms with E-state index in [1.807, 2.05) is 48.5 Å². The third kappa shape index (κ3) is 5.00. The van der Waals surface area contributed by atoms with Crippen molar-refractivity contribution in [3.63, 3.8) is 0 Å². The van der Waals surface area contributed by atoms with Crippen LogP contribution in [0.25, 0.3) is 11.4 Å². The molecule has 3 aromatic rings. The first-order valence-electron chi connectivity index (χ1n) is 8.85. The van der Waals surface area contributed by atoms with E-state index in [0.717, 1.165) is 28.5 Å².